The standard InChI is InChI=1S/C11H7Cl2IN2O2/c1-18-7-3-2-5(4-6(7)17)11-15-9(12)8(14)10(13)16-11/h2-4,17H,1H3. The number of hydrogen-bond acceptors (Lipinski definition) is 4. The number of aromatic hydroxyl groups is 1. The van der Waals surface area contributed by atoms with Gasteiger partial charge in [0.1, 0.15) is 10.3 Å². The minimum atomic E-state index is 0.00407. The molecule has 0 aliphatic carbocycles. The molecule has 7 heteroatoms. The van der Waals surface area contributed by atoms with Crippen molar-refractivity contribution in [3.8, 4) is 22.9 Å². The van der Waals surface area contributed by atoms with Crippen molar-refractivity contribution in [3.05, 3.63) is 32.1 Å². The molecular weight excluding hydrogens is 390 g/mol. The maximum absolute atomic E-state index is 9.70. The first kappa shape index (κ1) is 13.6. The van der Waals surface area contributed by atoms with Crippen molar-refractivity contribution in [2.24, 2.45) is 0 Å². The van der Waals surface area contributed by atoms with Crippen LogP contribution in [0.4, 0.5) is 0 Å². The summed E-state index contributed by atoms with van der Waals surface area (Å²) in [6, 6.07) is 4.83. The largest absolute Gasteiger partial charge is 0.504 e. The summed E-state index contributed by atoms with van der Waals surface area (Å²) in [6.45, 7) is 0. The molecule has 0 spiro atoms. The lowest BCUT2D eigenvalue weighted by Crippen LogP contribution is -1.94. The fourth-order valence-electron chi connectivity index (χ4n) is 1.35. The molecule has 0 saturated carbocycles. The van der Waals surface area contributed by atoms with Crippen LogP contribution < -0.4 is 4.74 Å². The van der Waals surface area contributed by atoms with Crippen molar-refractivity contribution in [1.82, 2.24) is 9.97 Å². The highest BCUT2D eigenvalue weighted by atomic mass is 127. The van der Waals surface area contributed by atoms with Crippen molar-refractivity contribution in [1.29, 1.82) is 0 Å². The van der Waals surface area contributed by atoms with Crippen molar-refractivity contribution in [2.45, 2.75) is 0 Å². The molecule has 0 bridgehead atoms. The summed E-state index contributed by atoms with van der Waals surface area (Å²) in [6.07, 6.45) is 0. The number of halogens is 3. The molecule has 1 heterocycles. The molecule has 0 aliphatic heterocycles. The normalized spacial score (nSPS) is 10.4. The molecule has 1 N–H and O–H groups in total. The Kier molecular flexibility index (Phi) is 4.14. The first-order valence-corrected chi connectivity index (χ1v) is 6.62. The number of aromatic nitrogens is 2. The Hall–Kier alpha value is -0.790. The van der Waals surface area contributed by atoms with Crippen molar-refractivity contribution in [2.75, 3.05) is 7.11 Å². The van der Waals surface area contributed by atoms with Crippen LogP contribution >= 0.6 is 45.8 Å². The van der Waals surface area contributed by atoms with Gasteiger partial charge in [0, 0.05) is 5.56 Å². The number of phenolic OH excluding ortho intramolecular Hbond substituents is 1. The SMILES string of the molecule is COc1ccc(-c2nc(Cl)c(I)c(Cl)n2)cc1O. The first-order chi connectivity index (χ1) is 8.52. The molecule has 2 rings (SSSR count). The maximum atomic E-state index is 9.70. The fourth-order valence-corrected chi connectivity index (χ4v) is 1.98. The lowest BCUT2D eigenvalue weighted by Gasteiger charge is -2.07. The van der Waals surface area contributed by atoms with E-state index in [2.05, 4.69) is 9.97 Å². The van der Waals surface area contributed by atoms with E-state index in [1.807, 2.05) is 22.6 Å². The quantitative estimate of drug-likeness (QED) is 0.620. The van der Waals surface area contributed by atoms with E-state index in [0.717, 1.165) is 0 Å². The van der Waals surface area contributed by atoms with E-state index in [9.17, 15) is 5.11 Å². The number of benzene rings is 1. The molecule has 4 nitrogen and oxygen atoms in total. The molecule has 0 fully saturated rings. The van der Waals surface area contributed by atoms with Crippen molar-refractivity contribution < 1.29 is 9.84 Å². The Balaban J connectivity index is 2.52. The molecular formula is C11H7Cl2IN2O2. The number of phenols is 1. The molecule has 1 aromatic heterocycles. The molecule has 0 saturated heterocycles. The number of rotatable bonds is 2. The topological polar surface area (TPSA) is 55.2 Å². The minimum Gasteiger partial charge on any atom is -0.504 e. The highest BCUT2D eigenvalue weighted by Crippen LogP contribution is 2.32. The Morgan fingerprint density at radius 1 is 1.22 bits per heavy atom. The van der Waals surface area contributed by atoms with Crippen LogP contribution in [0.5, 0.6) is 11.5 Å². The van der Waals surface area contributed by atoms with Crippen LogP contribution in [0.3, 0.4) is 0 Å². The van der Waals surface area contributed by atoms with Gasteiger partial charge in [-0.05, 0) is 40.8 Å². The van der Waals surface area contributed by atoms with Crippen molar-refractivity contribution >= 4 is 45.8 Å². The van der Waals surface area contributed by atoms with Crippen LogP contribution in [0.1, 0.15) is 0 Å². The Morgan fingerprint density at radius 2 is 1.83 bits per heavy atom. The molecule has 18 heavy (non-hydrogen) atoms. The average Bonchev–Trinajstić information content (AvgIpc) is 2.35. The second kappa shape index (κ2) is 5.46. The minimum absolute atomic E-state index is 0.00407. The molecule has 94 valence electrons. The third-order valence-electron chi connectivity index (χ3n) is 2.21. The van der Waals surface area contributed by atoms with Crippen molar-refractivity contribution in [3.63, 3.8) is 0 Å². The van der Waals surface area contributed by atoms with E-state index in [0.29, 0.717) is 20.7 Å². The zero-order valence-corrected chi connectivity index (χ0v) is 12.8. The van der Waals surface area contributed by atoms with Gasteiger partial charge >= 0.3 is 0 Å². The Labute approximate surface area is 127 Å². The zero-order valence-electron chi connectivity index (χ0n) is 9.12. The summed E-state index contributed by atoms with van der Waals surface area (Å²) in [7, 11) is 1.48. The molecule has 1 aromatic carbocycles. The summed E-state index contributed by atoms with van der Waals surface area (Å²) < 4.78 is 5.55. The monoisotopic (exact) mass is 396 g/mol. The van der Waals surface area contributed by atoms with Crippen LogP contribution in [-0.2, 0) is 0 Å². The summed E-state index contributed by atoms with van der Waals surface area (Å²) in [5.74, 6) is 0.731. The second-order valence-electron chi connectivity index (χ2n) is 3.33. The van der Waals surface area contributed by atoms with Gasteiger partial charge in [0.25, 0.3) is 0 Å². The van der Waals surface area contributed by atoms with Gasteiger partial charge in [-0.15, -0.1) is 0 Å². The Morgan fingerprint density at radius 3 is 2.33 bits per heavy atom. The summed E-state index contributed by atoms with van der Waals surface area (Å²) >= 11 is 13.8. The van der Waals surface area contributed by atoms with Crippen LogP contribution in [0.2, 0.25) is 10.3 Å². The molecule has 0 radical (unpaired) electrons. The summed E-state index contributed by atoms with van der Waals surface area (Å²) in [4.78, 5) is 8.22. The fraction of sp³-hybridized carbons (Fsp3) is 0.0909. The first-order valence-electron chi connectivity index (χ1n) is 4.79. The van der Waals surface area contributed by atoms with E-state index in [4.69, 9.17) is 27.9 Å². The van der Waals surface area contributed by atoms with Crippen LogP contribution in [0, 0.1) is 3.57 Å². The molecule has 2 aromatic rings. The second-order valence-corrected chi connectivity index (χ2v) is 5.12. The van der Waals surface area contributed by atoms with Crippen LogP contribution in [0.25, 0.3) is 11.4 Å². The van der Waals surface area contributed by atoms with E-state index in [-0.39, 0.29) is 16.1 Å². The lowest BCUT2D eigenvalue weighted by molar-refractivity contribution is 0.373. The van der Waals surface area contributed by atoms with Crippen LogP contribution in [0.15, 0.2) is 18.2 Å². The van der Waals surface area contributed by atoms with Gasteiger partial charge in [-0.1, -0.05) is 23.2 Å². The summed E-state index contributed by atoms with van der Waals surface area (Å²) in [5.41, 5.74) is 0.605. The van der Waals surface area contributed by atoms with Gasteiger partial charge < -0.3 is 9.84 Å². The number of nitrogens with zero attached hydrogens (tertiary/aromatic N) is 2. The lowest BCUT2D eigenvalue weighted by atomic mass is 10.2. The van der Waals surface area contributed by atoms with Gasteiger partial charge in [0.15, 0.2) is 17.3 Å². The smallest absolute Gasteiger partial charge is 0.162 e. The van der Waals surface area contributed by atoms with Gasteiger partial charge in [-0.25, -0.2) is 9.97 Å². The number of ether oxygens (including phenoxy) is 1. The Bertz CT molecular complexity index is 585. The maximum Gasteiger partial charge on any atom is 0.162 e. The number of methoxy groups -OCH3 is 1. The average molecular weight is 397 g/mol. The van der Waals surface area contributed by atoms with Gasteiger partial charge in [-0.3, -0.25) is 0 Å². The predicted molar refractivity (Wildman–Crippen MR) is 78.4 cm³/mol. The van der Waals surface area contributed by atoms with E-state index < -0.39 is 0 Å². The van der Waals surface area contributed by atoms with Gasteiger partial charge in [-0.2, -0.15) is 0 Å². The van der Waals surface area contributed by atoms with Gasteiger partial charge in [0.2, 0.25) is 0 Å². The molecule has 0 unspecified atom stereocenters. The van der Waals surface area contributed by atoms with Gasteiger partial charge in [0.05, 0.1) is 10.7 Å². The third kappa shape index (κ3) is 2.62. The molecule has 0 aliphatic rings. The number of hydrogen-bond donors (Lipinski definition) is 1. The van der Waals surface area contributed by atoms with E-state index in [1.165, 1.54) is 13.2 Å². The predicted octanol–water partition coefficient (Wildman–Crippen LogP) is 3.77. The van der Waals surface area contributed by atoms with Crippen LogP contribution in [-0.4, -0.2) is 22.2 Å². The summed E-state index contributed by atoms with van der Waals surface area (Å²) in [5, 5.41) is 10.3. The molecule has 0 atom stereocenters. The molecule has 0 amide bonds. The van der Waals surface area contributed by atoms with E-state index >= 15 is 0 Å². The van der Waals surface area contributed by atoms with E-state index in [1.54, 1.807) is 12.1 Å². The zero-order chi connectivity index (χ0) is 13.3. The third-order valence-corrected chi connectivity index (χ3v) is 4.41. The highest BCUT2D eigenvalue weighted by molar-refractivity contribution is 14.1. The highest BCUT2D eigenvalue weighted by Gasteiger charge is 2.12.